The number of imidazole rings is 1. The molecular formula is C12H13N3O2S. The summed E-state index contributed by atoms with van der Waals surface area (Å²) in [4.78, 5) is 19.1. The second kappa shape index (κ2) is 5.68. The number of thioether (sulfide) groups is 1. The summed E-state index contributed by atoms with van der Waals surface area (Å²) >= 11 is 1.54. The molecule has 0 unspecified atom stereocenters. The molecular weight excluding hydrogens is 250 g/mol. The lowest BCUT2D eigenvalue weighted by atomic mass is 10.3. The average molecular weight is 263 g/mol. The number of carboxylic acids is 1. The van der Waals surface area contributed by atoms with Crippen LogP contribution in [0.15, 0.2) is 35.7 Å². The van der Waals surface area contributed by atoms with Gasteiger partial charge in [-0.05, 0) is 19.1 Å². The van der Waals surface area contributed by atoms with Gasteiger partial charge in [-0.1, -0.05) is 0 Å². The van der Waals surface area contributed by atoms with E-state index < -0.39 is 5.97 Å². The molecule has 6 heteroatoms. The van der Waals surface area contributed by atoms with Crippen molar-refractivity contribution in [3.8, 4) is 0 Å². The summed E-state index contributed by atoms with van der Waals surface area (Å²) in [6.45, 7) is 2.78. The minimum atomic E-state index is -0.926. The van der Waals surface area contributed by atoms with E-state index in [4.69, 9.17) is 5.11 Å². The van der Waals surface area contributed by atoms with Crippen LogP contribution in [-0.2, 0) is 6.54 Å². The van der Waals surface area contributed by atoms with E-state index >= 15 is 0 Å². The SMILES string of the molecule is Cc1nccn1CCSc1cc(C(=O)O)ccn1. The van der Waals surface area contributed by atoms with Crippen LogP contribution in [0.4, 0.5) is 0 Å². The second-order valence-corrected chi connectivity index (χ2v) is 4.82. The fraction of sp³-hybridized carbons (Fsp3) is 0.250. The molecule has 0 aromatic carbocycles. The summed E-state index contributed by atoms with van der Waals surface area (Å²) in [6.07, 6.45) is 5.22. The lowest BCUT2D eigenvalue weighted by molar-refractivity contribution is 0.0696. The van der Waals surface area contributed by atoms with Crippen molar-refractivity contribution < 1.29 is 9.90 Å². The van der Waals surface area contributed by atoms with E-state index in [1.807, 2.05) is 17.7 Å². The summed E-state index contributed by atoms with van der Waals surface area (Å²) in [5, 5.41) is 9.60. The Kier molecular flexibility index (Phi) is 3.99. The van der Waals surface area contributed by atoms with Crippen molar-refractivity contribution in [1.29, 1.82) is 0 Å². The fourth-order valence-corrected chi connectivity index (χ4v) is 2.35. The lowest BCUT2D eigenvalue weighted by Gasteiger charge is -2.04. The molecule has 0 amide bonds. The third kappa shape index (κ3) is 3.10. The van der Waals surface area contributed by atoms with Crippen LogP contribution in [0.25, 0.3) is 0 Å². The van der Waals surface area contributed by atoms with Crippen molar-refractivity contribution in [2.75, 3.05) is 5.75 Å². The van der Waals surface area contributed by atoms with Crippen LogP contribution in [0.2, 0.25) is 0 Å². The molecule has 5 nitrogen and oxygen atoms in total. The molecule has 0 aliphatic carbocycles. The standard InChI is InChI=1S/C12H13N3O2S/c1-9-13-4-5-15(9)6-7-18-11-8-10(12(16)17)2-3-14-11/h2-5,8H,6-7H2,1H3,(H,16,17). The Morgan fingerprint density at radius 1 is 1.44 bits per heavy atom. The number of aromatic nitrogens is 3. The number of carboxylic acid groups (broad SMARTS) is 1. The first-order chi connectivity index (χ1) is 8.66. The molecule has 2 rings (SSSR count). The number of hydrogen-bond acceptors (Lipinski definition) is 4. The normalized spacial score (nSPS) is 10.5. The summed E-state index contributed by atoms with van der Waals surface area (Å²) in [5.74, 6) is 0.875. The number of carbonyl (C=O) groups is 1. The molecule has 0 aliphatic rings. The first-order valence-corrected chi connectivity index (χ1v) is 6.45. The molecule has 0 aliphatic heterocycles. The smallest absolute Gasteiger partial charge is 0.335 e. The van der Waals surface area contributed by atoms with E-state index in [2.05, 4.69) is 9.97 Å². The number of aromatic carboxylic acids is 1. The zero-order valence-electron chi connectivity index (χ0n) is 9.91. The molecule has 0 saturated heterocycles. The molecule has 2 aromatic rings. The summed E-state index contributed by atoms with van der Waals surface area (Å²) in [7, 11) is 0. The van der Waals surface area contributed by atoms with Gasteiger partial charge in [-0.15, -0.1) is 11.8 Å². The predicted octanol–water partition coefficient (Wildman–Crippen LogP) is 2.08. The van der Waals surface area contributed by atoms with E-state index in [-0.39, 0.29) is 5.56 Å². The van der Waals surface area contributed by atoms with Crippen LogP contribution >= 0.6 is 11.8 Å². The third-order valence-electron chi connectivity index (χ3n) is 2.49. The molecule has 2 aromatic heterocycles. The van der Waals surface area contributed by atoms with Crippen LogP contribution < -0.4 is 0 Å². The monoisotopic (exact) mass is 263 g/mol. The van der Waals surface area contributed by atoms with Crippen LogP contribution in [-0.4, -0.2) is 31.4 Å². The first-order valence-electron chi connectivity index (χ1n) is 5.46. The van der Waals surface area contributed by atoms with Gasteiger partial charge in [0.25, 0.3) is 0 Å². The highest BCUT2D eigenvalue weighted by atomic mass is 32.2. The first kappa shape index (κ1) is 12.6. The Morgan fingerprint density at radius 3 is 2.94 bits per heavy atom. The van der Waals surface area contributed by atoms with Gasteiger partial charge in [0.2, 0.25) is 0 Å². The molecule has 1 N–H and O–H groups in total. The van der Waals surface area contributed by atoms with Crippen LogP contribution in [0.1, 0.15) is 16.2 Å². The molecule has 0 fully saturated rings. The van der Waals surface area contributed by atoms with Crippen molar-refractivity contribution in [3.63, 3.8) is 0 Å². The Morgan fingerprint density at radius 2 is 2.28 bits per heavy atom. The van der Waals surface area contributed by atoms with Crippen molar-refractivity contribution >= 4 is 17.7 Å². The largest absolute Gasteiger partial charge is 0.478 e. The molecule has 94 valence electrons. The maximum atomic E-state index is 10.8. The molecule has 0 bridgehead atoms. The Labute approximate surface area is 109 Å². The lowest BCUT2D eigenvalue weighted by Crippen LogP contribution is -2.02. The molecule has 2 heterocycles. The second-order valence-electron chi connectivity index (χ2n) is 3.70. The van der Waals surface area contributed by atoms with E-state index in [0.717, 1.165) is 23.1 Å². The van der Waals surface area contributed by atoms with Gasteiger partial charge in [0.15, 0.2) is 0 Å². The summed E-state index contributed by atoms with van der Waals surface area (Å²) in [6, 6.07) is 3.08. The van der Waals surface area contributed by atoms with Gasteiger partial charge < -0.3 is 9.67 Å². The van der Waals surface area contributed by atoms with Crippen molar-refractivity contribution in [3.05, 3.63) is 42.1 Å². The van der Waals surface area contributed by atoms with Crippen molar-refractivity contribution in [2.24, 2.45) is 0 Å². The highest BCUT2D eigenvalue weighted by Gasteiger charge is 2.04. The minimum absolute atomic E-state index is 0.270. The fourth-order valence-electron chi connectivity index (χ4n) is 1.51. The van der Waals surface area contributed by atoms with Crippen LogP contribution in [0.5, 0.6) is 0 Å². The minimum Gasteiger partial charge on any atom is -0.478 e. The zero-order chi connectivity index (χ0) is 13.0. The van der Waals surface area contributed by atoms with Gasteiger partial charge in [-0.25, -0.2) is 14.8 Å². The average Bonchev–Trinajstić information content (AvgIpc) is 2.76. The summed E-state index contributed by atoms with van der Waals surface area (Å²) in [5.41, 5.74) is 0.270. The topological polar surface area (TPSA) is 68.0 Å². The maximum absolute atomic E-state index is 10.8. The number of rotatable bonds is 5. The van der Waals surface area contributed by atoms with Crippen molar-refractivity contribution in [1.82, 2.24) is 14.5 Å². The quantitative estimate of drug-likeness (QED) is 0.836. The highest BCUT2D eigenvalue weighted by molar-refractivity contribution is 7.99. The molecule has 0 radical (unpaired) electrons. The van der Waals surface area contributed by atoms with Crippen LogP contribution in [0.3, 0.4) is 0 Å². The number of nitrogens with zero attached hydrogens (tertiary/aromatic N) is 3. The van der Waals surface area contributed by atoms with E-state index in [1.54, 1.807) is 12.3 Å². The van der Waals surface area contributed by atoms with Gasteiger partial charge >= 0.3 is 5.97 Å². The molecule has 18 heavy (non-hydrogen) atoms. The van der Waals surface area contributed by atoms with E-state index in [9.17, 15) is 4.79 Å². The number of pyridine rings is 1. The number of aryl methyl sites for hydroxylation is 2. The van der Waals surface area contributed by atoms with Gasteiger partial charge in [0, 0.05) is 30.9 Å². The molecule has 0 atom stereocenters. The van der Waals surface area contributed by atoms with Crippen LogP contribution in [0, 0.1) is 6.92 Å². The Balaban J connectivity index is 1.92. The maximum Gasteiger partial charge on any atom is 0.335 e. The Hall–Kier alpha value is -1.82. The highest BCUT2D eigenvalue weighted by Crippen LogP contribution is 2.16. The van der Waals surface area contributed by atoms with Gasteiger partial charge in [-0.2, -0.15) is 0 Å². The molecule has 0 spiro atoms. The van der Waals surface area contributed by atoms with Gasteiger partial charge in [-0.3, -0.25) is 0 Å². The molecule has 0 saturated carbocycles. The number of hydrogen-bond donors (Lipinski definition) is 1. The Bertz CT molecular complexity index is 554. The van der Waals surface area contributed by atoms with Crippen molar-refractivity contribution in [2.45, 2.75) is 18.5 Å². The van der Waals surface area contributed by atoms with Gasteiger partial charge in [0.05, 0.1) is 10.6 Å². The zero-order valence-corrected chi connectivity index (χ0v) is 10.7. The predicted molar refractivity (Wildman–Crippen MR) is 68.9 cm³/mol. The van der Waals surface area contributed by atoms with Gasteiger partial charge in [0.1, 0.15) is 5.82 Å². The third-order valence-corrected chi connectivity index (χ3v) is 3.39. The van der Waals surface area contributed by atoms with E-state index in [0.29, 0.717) is 0 Å². The van der Waals surface area contributed by atoms with E-state index in [1.165, 1.54) is 24.0 Å². The summed E-state index contributed by atoms with van der Waals surface area (Å²) < 4.78 is 2.05.